The number of benzene rings is 2. The van der Waals surface area contributed by atoms with Crippen LogP contribution in [-0.2, 0) is 17.7 Å². The van der Waals surface area contributed by atoms with Crippen LogP contribution in [0.25, 0.3) is 0 Å². The highest BCUT2D eigenvalue weighted by Crippen LogP contribution is 2.31. The van der Waals surface area contributed by atoms with Crippen LogP contribution in [0.15, 0.2) is 83.0 Å². The van der Waals surface area contributed by atoms with Crippen LogP contribution in [0.1, 0.15) is 29.2 Å². The van der Waals surface area contributed by atoms with Crippen molar-refractivity contribution in [2.24, 2.45) is 0 Å². The fourth-order valence-electron chi connectivity index (χ4n) is 4.04. The number of allylic oxidation sites excluding steroid dienone is 2. The van der Waals surface area contributed by atoms with Gasteiger partial charge in [0, 0.05) is 36.7 Å². The predicted molar refractivity (Wildman–Crippen MR) is 132 cm³/mol. The van der Waals surface area contributed by atoms with Crippen molar-refractivity contribution in [3.05, 3.63) is 99.8 Å². The molecule has 2 atom stereocenters. The van der Waals surface area contributed by atoms with Crippen molar-refractivity contribution in [3.8, 4) is 5.75 Å². The number of imidazole rings is 1. The largest absolute Gasteiger partial charge is 0.497 e. The van der Waals surface area contributed by atoms with Crippen LogP contribution in [0.3, 0.4) is 0 Å². The summed E-state index contributed by atoms with van der Waals surface area (Å²) >= 11 is 3.52. The number of ether oxygens (including phenoxy) is 2. The third kappa shape index (κ3) is 5.31. The number of nitrogen functional groups attached to an aromatic ring is 1. The summed E-state index contributed by atoms with van der Waals surface area (Å²) in [5.41, 5.74) is 11.0. The minimum Gasteiger partial charge on any atom is -0.497 e. The zero-order valence-electron chi connectivity index (χ0n) is 18.4. The first-order chi connectivity index (χ1) is 15.6. The van der Waals surface area contributed by atoms with Crippen molar-refractivity contribution < 1.29 is 9.47 Å². The Labute approximate surface area is 197 Å². The van der Waals surface area contributed by atoms with Crippen LogP contribution >= 0.6 is 15.9 Å². The number of nitrogens with zero attached hydrogens (tertiary/aromatic N) is 2. The molecular formula is C26H28BrN3O2. The Kier molecular flexibility index (Phi) is 7.12. The van der Waals surface area contributed by atoms with E-state index in [1.807, 2.05) is 16.7 Å². The standard InChI is InChI=1S/C26H28BrN3O2/c1-31-22-12-8-20(9-13-22)24(15-18-6-10-21(27)11-7-18)25-17-30(26(28)29-25)16-19-4-3-5-23(14-19)32-2/h3-13,17,23-24H,14-16H2,1-2H3,(H2,28,29). The molecule has 0 amide bonds. The molecule has 2 unspecified atom stereocenters. The van der Waals surface area contributed by atoms with Gasteiger partial charge in [0.2, 0.25) is 5.95 Å². The monoisotopic (exact) mass is 493 g/mol. The van der Waals surface area contributed by atoms with Crippen LogP contribution in [-0.4, -0.2) is 29.9 Å². The van der Waals surface area contributed by atoms with Gasteiger partial charge in [-0.1, -0.05) is 58.4 Å². The first-order valence-corrected chi connectivity index (χ1v) is 11.4. The lowest BCUT2D eigenvalue weighted by molar-refractivity contribution is 0.139. The van der Waals surface area contributed by atoms with Gasteiger partial charge in [0.1, 0.15) is 5.75 Å². The van der Waals surface area contributed by atoms with Crippen LogP contribution in [0.4, 0.5) is 5.95 Å². The Morgan fingerprint density at radius 1 is 1.12 bits per heavy atom. The number of hydrogen-bond donors (Lipinski definition) is 1. The highest BCUT2D eigenvalue weighted by Gasteiger charge is 2.21. The summed E-state index contributed by atoms with van der Waals surface area (Å²) in [4.78, 5) is 4.77. The molecule has 1 aromatic heterocycles. The number of halogens is 1. The highest BCUT2D eigenvalue weighted by molar-refractivity contribution is 9.10. The predicted octanol–water partition coefficient (Wildman–Crippen LogP) is 5.51. The van der Waals surface area contributed by atoms with Crippen molar-refractivity contribution in [1.82, 2.24) is 9.55 Å². The minimum absolute atomic E-state index is 0.0811. The van der Waals surface area contributed by atoms with Gasteiger partial charge >= 0.3 is 0 Å². The van der Waals surface area contributed by atoms with Gasteiger partial charge in [0.15, 0.2) is 0 Å². The first kappa shape index (κ1) is 22.4. The first-order valence-electron chi connectivity index (χ1n) is 10.7. The van der Waals surface area contributed by atoms with Gasteiger partial charge in [-0.05, 0) is 47.4 Å². The average Bonchev–Trinajstić information content (AvgIpc) is 3.18. The summed E-state index contributed by atoms with van der Waals surface area (Å²) in [5.74, 6) is 1.45. The van der Waals surface area contributed by atoms with Gasteiger partial charge in [0.25, 0.3) is 0 Å². The minimum atomic E-state index is 0.0811. The zero-order valence-corrected chi connectivity index (χ0v) is 20.0. The van der Waals surface area contributed by atoms with Gasteiger partial charge in [-0.3, -0.25) is 0 Å². The molecule has 0 saturated heterocycles. The van der Waals surface area contributed by atoms with E-state index >= 15 is 0 Å². The lowest BCUT2D eigenvalue weighted by Crippen LogP contribution is -2.14. The van der Waals surface area contributed by atoms with E-state index in [4.69, 9.17) is 20.2 Å². The van der Waals surface area contributed by atoms with Gasteiger partial charge in [-0.25, -0.2) is 4.98 Å². The summed E-state index contributed by atoms with van der Waals surface area (Å²) in [6.07, 6.45) is 10.2. The van der Waals surface area contributed by atoms with Gasteiger partial charge < -0.3 is 19.8 Å². The lowest BCUT2D eigenvalue weighted by atomic mass is 9.89. The number of hydrogen-bond acceptors (Lipinski definition) is 4. The van der Waals surface area contributed by atoms with Crippen LogP contribution in [0, 0.1) is 0 Å². The molecule has 0 bridgehead atoms. The summed E-state index contributed by atoms with van der Waals surface area (Å²) in [5, 5.41) is 0. The Balaban J connectivity index is 1.63. The number of anilines is 1. The van der Waals surface area contributed by atoms with Crippen molar-refractivity contribution in [2.75, 3.05) is 20.0 Å². The molecular weight excluding hydrogens is 466 g/mol. The second-order valence-electron chi connectivity index (χ2n) is 8.00. The number of methoxy groups -OCH3 is 2. The molecule has 4 rings (SSSR count). The fourth-order valence-corrected chi connectivity index (χ4v) is 4.30. The van der Waals surface area contributed by atoms with E-state index in [-0.39, 0.29) is 12.0 Å². The second kappa shape index (κ2) is 10.2. The zero-order chi connectivity index (χ0) is 22.5. The molecule has 6 heteroatoms. The van der Waals surface area contributed by atoms with E-state index in [1.165, 1.54) is 16.7 Å². The maximum atomic E-state index is 6.35. The van der Waals surface area contributed by atoms with Crippen LogP contribution in [0.5, 0.6) is 5.75 Å². The lowest BCUT2D eigenvalue weighted by Gasteiger charge is -2.18. The summed E-state index contributed by atoms with van der Waals surface area (Å²) in [6.45, 7) is 0.705. The smallest absolute Gasteiger partial charge is 0.200 e. The molecule has 166 valence electrons. The normalized spacial score (nSPS) is 16.6. The third-order valence-corrected chi connectivity index (χ3v) is 6.38. The van der Waals surface area contributed by atoms with Crippen LogP contribution in [0.2, 0.25) is 0 Å². The molecule has 3 aromatic rings. The van der Waals surface area contributed by atoms with E-state index in [1.54, 1.807) is 14.2 Å². The van der Waals surface area contributed by atoms with Gasteiger partial charge in [0.05, 0.1) is 18.9 Å². The van der Waals surface area contributed by atoms with E-state index in [2.05, 4.69) is 76.8 Å². The molecule has 0 aliphatic heterocycles. The highest BCUT2D eigenvalue weighted by atomic mass is 79.9. The molecule has 1 aliphatic rings. The van der Waals surface area contributed by atoms with E-state index in [0.29, 0.717) is 12.5 Å². The SMILES string of the molecule is COc1ccc(C(Cc2ccc(Br)cc2)c2cn(CC3=CC=CC(OC)C3)c(N)n2)cc1. The molecule has 0 fully saturated rings. The molecule has 1 aliphatic carbocycles. The Morgan fingerprint density at radius 2 is 1.88 bits per heavy atom. The Bertz CT molecular complexity index is 1100. The van der Waals surface area contributed by atoms with Gasteiger partial charge in [-0.15, -0.1) is 0 Å². The Hall–Kier alpha value is -2.83. The van der Waals surface area contributed by atoms with E-state index < -0.39 is 0 Å². The second-order valence-corrected chi connectivity index (χ2v) is 8.91. The number of aromatic nitrogens is 2. The Morgan fingerprint density at radius 3 is 2.56 bits per heavy atom. The molecule has 1 heterocycles. The van der Waals surface area contributed by atoms with Crippen LogP contribution < -0.4 is 10.5 Å². The summed E-state index contributed by atoms with van der Waals surface area (Å²) < 4.78 is 13.9. The number of rotatable bonds is 8. The molecule has 0 saturated carbocycles. The summed E-state index contributed by atoms with van der Waals surface area (Å²) in [6, 6.07) is 16.6. The molecule has 0 radical (unpaired) electrons. The molecule has 2 aromatic carbocycles. The quantitative estimate of drug-likeness (QED) is 0.449. The van der Waals surface area contributed by atoms with E-state index in [0.717, 1.165) is 28.8 Å². The third-order valence-electron chi connectivity index (χ3n) is 5.85. The molecule has 5 nitrogen and oxygen atoms in total. The fraction of sp³-hybridized carbons (Fsp3) is 0.269. The molecule has 2 N–H and O–H groups in total. The maximum absolute atomic E-state index is 6.35. The summed E-state index contributed by atoms with van der Waals surface area (Å²) in [7, 11) is 3.42. The topological polar surface area (TPSA) is 62.3 Å². The van der Waals surface area contributed by atoms with E-state index in [9.17, 15) is 0 Å². The van der Waals surface area contributed by atoms with Crippen molar-refractivity contribution in [2.45, 2.75) is 31.4 Å². The average molecular weight is 494 g/mol. The molecule has 32 heavy (non-hydrogen) atoms. The maximum Gasteiger partial charge on any atom is 0.200 e. The van der Waals surface area contributed by atoms with Gasteiger partial charge in [-0.2, -0.15) is 0 Å². The van der Waals surface area contributed by atoms with Crippen molar-refractivity contribution in [3.63, 3.8) is 0 Å². The van der Waals surface area contributed by atoms with Crippen molar-refractivity contribution >= 4 is 21.9 Å². The molecule has 0 spiro atoms. The number of nitrogens with two attached hydrogens (primary N) is 1. The van der Waals surface area contributed by atoms with Crippen molar-refractivity contribution in [1.29, 1.82) is 0 Å².